The standard InChI is InChI=1S/C11H17F2N3/c1-6(2)7(3)15-11-9(13)5-8(12)10(14-4)16-11/h5-7H,1-4H3,(H2,14,15,16). The van der Waals surface area contributed by atoms with E-state index in [4.69, 9.17) is 0 Å². The molecule has 0 aliphatic rings. The first-order valence-electron chi connectivity index (χ1n) is 5.26. The van der Waals surface area contributed by atoms with E-state index in [1.807, 2.05) is 20.8 Å². The summed E-state index contributed by atoms with van der Waals surface area (Å²) in [4.78, 5) is 3.84. The van der Waals surface area contributed by atoms with Crippen LogP contribution in [0, 0.1) is 17.6 Å². The van der Waals surface area contributed by atoms with E-state index >= 15 is 0 Å². The monoisotopic (exact) mass is 229 g/mol. The summed E-state index contributed by atoms with van der Waals surface area (Å²) in [5.41, 5.74) is 0. The summed E-state index contributed by atoms with van der Waals surface area (Å²) < 4.78 is 26.5. The SMILES string of the molecule is CNc1nc(NC(C)C(C)C)c(F)cc1F. The maximum absolute atomic E-state index is 13.4. The van der Waals surface area contributed by atoms with E-state index in [0.717, 1.165) is 6.07 Å². The van der Waals surface area contributed by atoms with E-state index in [-0.39, 0.29) is 17.7 Å². The van der Waals surface area contributed by atoms with E-state index in [1.165, 1.54) is 0 Å². The second kappa shape index (κ2) is 5.09. The van der Waals surface area contributed by atoms with Crippen LogP contribution in [-0.2, 0) is 0 Å². The third kappa shape index (κ3) is 2.81. The first kappa shape index (κ1) is 12.7. The molecule has 0 amide bonds. The van der Waals surface area contributed by atoms with Crippen molar-refractivity contribution in [2.45, 2.75) is 26.8 Å². The highest BCUT2D eigenvalue weighted by molar-refractivity contribution is 5.47. The van der Waals surface area contributed by atoms with Crippen molar-refractivity contribution in [2.75, 3.05) is 17.7 Å². The average molecular weight is 229 g/mol. The molecule has 0 aromatic carbocycles. The minimum absolute atomic E-state index is 0.0415. The highest BCUT2D eigenvalue weighted by atomic mass is 19.1. The Morgan fingerprint density at radius 2 is 1.69 bits per heavy atom. The second-order valence-corrected chi connectivity index (χ2v) is 4.08. The van der Waals surface area contributed by atoms with Crippen molar-refractivity contribution in [3.8, 4) is 0 Å². The Balaban J connectivity index is 2.96. The summed E-state index contributed by atoms with van der Waals surface area (Å²) >= 11 is 0. The number of hydrogen-bond donors (Lipinski definition) is 2. The molecule has 16 heavy (non-hydrogen) atoms. The van der Waals surface area contributed by atoms with Crippen LogP contribution in [0.25, 0.3) is 0 Å². The lowest BCUT2D eigenvalue weighted by molar-refractivity contribution is 0.542. The molecular formula is C11H17F2N3. The molecule has 1 atom stereocenters. The molecule has 5 heteroatoms. The number of aromatic nitrogens is 1. The van der Waals surface area contributed by atoms with Crippen LogP contribution < -0.4 is 10.6 Å². The van der Waals surface area contributed by atoms with E-state index in [2.05, 4.69) is 15.6 Å². The van der Waals surface area contributed by atoms with Gasteiger partial charge in [-0.15, -0.1) is 0 Å². The fraction of sp³-hybridized carbons (Fsp3) is 0.545. The highest BCUT2D eigenvalue weighted by Gasteiger charge is 2.14. The van der Waals surface area contributed by atoms with Gasteiger partial charge in [0.1, 0.15) is 0 Å². The Kier molecular flexibility index (Phi) is 4.04. The number of nitrogens with zero attached hydrogens (tertiary/aromatic N) is 1. The van der Waals surface area contributed by atoms with Crippen molar-refractivity contribution < 1.29 is 8.78 Å². The fourth-order valence-electron chi connectivity index (χ4n) is 1.13. The molecule has 1 aromatic heterocycles. The summed E-state index contributed by atoms with van der Waals surface area (Å²) in [7, 11) is 1.54. The van der Waals surface area contributed by atoms with Gasteiger partial charge in [-0.3, -0.25) is 0 Å². The molecule has 1 heterocycles. The molecular weight excluding hydrogens is 212 g/mol. The van der Waals surface area contributed by atoms with Crippen molar-refractivity contribution in [1.29, 1.82) is 0 Å². The normalized spacial score (nSPS) is 12.7. The third-order valence-electron chi connectivity index (χ3n) is 2.53. The lowest BCUT2D eigenvalue weighted by Crippen LogP contribution is -2.23. The maximum atomic E-state index is 13.4. The Bertz CT molecular complexity index is 366. The number of halogens is 2. The molecule has 0 saturated carbocycles. The van der Waals surface area contributed by atoms with Crippen molar-refractivity contribution in [3.63, 3.8) is 0 Å². The number of rotatable bonds is 4. The topological polar surface area (TPSA) is 37.0 Å². The Morgan fingerprint density at radius 3 is 2.19 bits per heavy atom. The molecule has 0 aliphatic heterocycles. The molecule has 0 aliphatic carbocycles. The zero-order valence-corrected chi connectivity index (χ0v) is 9.94. The third-order valence-corrected chi connectivity index (χ3v) is 2.53. The Labute approximate surface area is 94.3 Å². The van der Waals surface area contributed by atoms with Gasteiger partial charge in [-0.1, -0.05) is 13.8 Å². The van der Waals surface area contributed by atoms with Gasteiger partial charge in [0.15, 0.2) is 23.3 Å². The zero-order chi connectivity index (χ0) is 12.3. The minimum atomic E-state index is -0.692. The van der Waals surface area contributed by atoms with Crippen LogP contribution in [0.5, 0.6) is 0 Å². The first-order chi connectivity index (χ1) is 7.45. The van der Waals surface area contributed by atoms with Crippen LogP contribution in [0.3, 0.4) is 0 Å². The van der Waals surface area contributed by atoms with Gasteiger partial charge in [0, 0.05) is 19.2 Å². The Hall–Kier alpha value is -1.39. The van der Waals surface area contributed by atoms with Crippen LogP contribution in [0.2, 0.25) is 0 Å². The summed E-state index contributed by atoms with van der Waals surface area (Å²) in [5.74, 6) is -0.914. The van der Waals surface area contributed by atoms with Gasteiger partial charge in [0.05, 0.1) is 0 Å². The van der Waals surface area contributed by atoms with Gasteiger partial charge in [-0.2, -0.15) is 0 Å². The molecule has 0 spiro atoms. The summed E-state index contributed by atoms with van der Waals surface area (Å²) in [6.07, 6.45) is 0. The molecule has 0 fully saturated rings. The van der Waals surface area contributed by atoms with Gasteiger partial charge in [-0.05, 0) is 12.8 Å². The van der Waals surface area contributed by atoms with Gasteiger partial charge in [0.25, 0.3) is 0 Å². The predicted molar refractivity (Wildman–Crippen MR) is 61.6 cm³/mol. The number of anilines is 2. The lowest BCUT2D eigenvalue weighted by Gasteiger charge is -2.19. The maximum Gasteiger partial charge on any atom is 0.168 e. The minimum Gasteiger partial charge on any atom is -0.371 e. The van der Waals surface area contributed by atoms with E-state index in [0.29, 0.717) is 5.92 Å². The predicted octanol–water partition coefficient (Wildman–Crippen LogP) is 2.86. The van der Waals surface area contributed by atoms with E-state index < -0.39 is 11.6 Å². The highest BCUT2D eigenvalue weighted by Crippen LogP contribution is 2.20. The summed E-state index contributed by atoms with van der Waals surface area (Å²) in [6, 6.07) is 0.894. The molecule has 3 nitrogen and oxygen atoms in total. The fourth-order valence-corrected chi connectivity index (χ4v) is 1.13. The van der Waals surface area contributed by atoms with E-state index in [9.17, 15) is 8.78 Å². The van der Waals surface area contributed by atoms with Crippen LogP contribution >= 0.6 is 0 Å². The van der Waals surface area contributed by atoms with Gasteiger partial charge in [0.2, 0.25) is 0 Å². The molecule has 0 bridgehead atoms. The second-order valence-electron chi connectivity index (χ2n) is 4.08. The summed E-state index contributed by atoms with van der Waals surface area (Å²) in [6.45, 7) is 5.95. The molecule has 0 radical (unpaired) electrons. The summed E-state index contributed by atoms with van der Waals surface area (Å²) in [5, 5.41) is 5.49. The number of hydrogen-bond acceptors (Lipinski definition) is 3. The van der Waals surface area contributed by atoms with Crippen LogP contribution in [-0.4, -0.2) is 18.1 Å². The number of pyridine rings is 1. The molecule has 1 rings (SSSR count). The smallest absolute Gasteiger partial charge is 0.168 e. The largest absolute Gasteiger partial charge is 0.371 e. The molecule has 1 unspecified atom stereocenters. The molecule has 2 N–H and O–H groups in total. The molecule has 1 aromatic rings. The average Bonchev–Trinajstić information content (AvgIpc) is 2.21. The molecule has 90 valence electrons. The van der Waals surface area contributed by atoms with Crippen molar-refractivity contribution >= 4 is 11.6 Å². The van der Waals surface area contributed by atoms with Crippen molar-refractivity contribution in [3.05, 3.63) is 17.7 Å². The van der Waals surface area contributed by atoms with Crippen molar-refractivity contribution in [2.24, 2.45) is 5.92 Å². The van der Waals surface area contributed by atoms with Gasteiger partial charge < -0.3 is 10.6 Å². The first-order valence-corrected chi connectivity index (χ1v) is 5.26. The van der Waals surface area contributed by atoms with Crippen LogP contribution in [0.1, 0.15) is 20.8 Å². The van der Waals surface area contributed by atoms with Gasteiger partial charge in [-0.25, -0.2) is 13.8 Å². The Morgan fingerprint density at radius 1 is 1.12 bits per heavy atom. The number of nitrogens with one attached hydrogen (secondary N) is 2. The van der Waals surface area contributed by atoms with Crippen molar-refractivity contribution in [1.82, 2.24) is 4.98 Å². The molecule has 0 saturated heterocycles. The van der Waals surface area contributed by atoms with Crippen LogP contribution in [0.15, 0.2) is 6.07 Å². The zero-order valence-electron chi connectivity index (χ0n) is 9.94. The van der Waals surface area contributed by atoms with E-state index in [1.54, 1.807) is 7.05 Å². The lowest BCUT2D eigenvalue weighted by atomic mass is 10.1. The van der Waals surface area contributed by atoms with Gasteiger partial charge >= 0.3 is 0 Å². The van der Waals surface area contributed by atoms with Crippen LogP contribution in [0.4, 0.5) is 20.4 Å². The quantitative estimate of drug-likeness (QED) is 0.833.